The highest BCUT2D eigenvalue weighted by Gasteiger charge is 2.33. The molecule has 0 unspecified atom stereocenters. The van der Waals surface area contributed by atoms with Crippen molar-refractivity contribution in [1.82, 2.24) is 10.6 Å². The summed E-state index contributed by atoms with van der Waals surface area (Å²) in [5, 5.41) is 6.00. The average molecular weight is 475 g/mol. The van der Waals surface area contributed by atoms with Gasteiger partial charge in [0.25, 0.3) is 0 Å². The summed E-state index contributed by atoms with van der Waals surface area (Å²) in [6.45, 7) is 5.91. The van der Waals surface area contributed by atoms with Crippen molar-refractivity contribution in [2.75, 3.05) is 33.4 Å². The Morgan fingerprint density at radius 2 is 1.92 bits per heavy atom. The molecule has 1 aromatic carbocycles. The van der Waals surface area contributed by atoms with Gasteiger partial charge in [0.1, 0.15) is 5.75 Å². The maximum atomic E-state index is 13.2. The van der Waals surface area contributed by atoms with E-state index in [4.69, 9.17) is 9.47 Å². The molecule has 0 saturated heterocycles. The van der Waals surface area contributed by atoms with E-state index >= 15 is 0 Å². The van der Waals surface area contributed by atoms with Crippen LogP contribution in [0.4, 0.5) is 13.2 Å². The molecular formula is C16H25F3IN3O2. The molecule has 0 atom stereocenters. The van der Waals surface area contributed by atoms with E-state index < -0.39 is 11.7 Å². The lowest BCUT2D eigenvalue weighted by Gasteiger charge is -2.14. The summed E-state index contributed by atoms with van der Waals surface area (Å²) in [5.74, 6) is 0.609. The zero-order valence-corrected chi connectivity index (χ0v) is 16.9. The highest BCUT2D eigenvalue weighted by atomic mass is 127. The number of hydrogen-bond acceptors (Lipinski definition) is 3. The number of hydrogen-bond donors (Lipinski definition) is 2. The Kier molecular flexibility index (Phi) is 11.6. The van der Waals surface area contributed by atoms with E-state index in [0.717, 1.165) is 6.07 Å². The number of halogens is 4. The number of benzene rings is 1. The topological polar surface area (TPSA) is 54.9 Å². The minimum absolute atomic E-state index is 0. The Morgan fingerprint density at radius 3 is 2.48 bits per heavy atom. The number of nitrogens with zero attached hydrogens (tertiary/aromatic N) is 1. The first-order valence-electron chi connectivity index (χ1n) is 7.76. The number of rotatable bonds is 8. The van der Waals surface area contributed by atoms with Crippen molar-refractivity contribution in [3.63, 3.8) is 0 Å². The molecule has 5 nitrogen and oxygen atoms in total. The van der Waals surface area contributed by atoms with Gasteiger partial charge < -0.3 is 20.1 Å². The SMILES string of the molecule is CCNC(=NCc1ccc(OC)cc1C(F)(F)F)NCCOCC.I. The van der Waals surface area contributed by atoms with Crippen LogP contribution in [0.15, 0.2) is 23.2 Å². The minimum Gasteiger partial charge on any atom is -0.497 e. The van der Waals surface area contributed by atoms with Crippen LogP contribution in [0.1, 0.15) is 25.0 Å². The van der Waals surface area contributed by atoms with Crippen LogP contribution in [0.25, 0.3) is 0 Å². The van der Waals surface area contributed by atoms with Gasteiger partial charge in [-0.05, 0) is 31.5 Å². The Bertz CT molecular complexity index is 540. The smallest absolute Gasteiger partial charge is 0.416 e. The molecule has 0 fully saturated rings. The van der Waals surface area contributed by atoms with Crippen molar-refractivity contribution in [2.45, 2.75) is 26.6 Å². The molecule has 0 aromatic heterocycles. The van der Waals surface area contributed by atoms with Crippen LogP contribution in [0.2, 0.25) is 0 Å². The van der Waals surface area contributed by atoms with Gasteiger partial charge in [0.15, 0.2) is 5.96 Å². The highest BCUT2D eigenvalue weighted by molar-refractivity contribution is 14.0. The van der Waals surface area contributed by atoms with Crippen molar-refractivity contribution in [2.24, 2.45) is 4.99 Å². The van der Waals surface area contributed by atoms with Gasteiger partial charge in [-0.15, -0.1) is 24.0 Å². The third-order valence-electron chi connectivity index (χ3n) is 3.12. The predicted octanol–water partition coefficient (Wildman–Crippen LogP) is 3.42. The number of guanidine groups is 1. The first-order chi connectivity index (χ1) is 11.4. The zero-order chi connectivity index (χ0) is 18.0. The van der Waals surface area contributed by atoms with Crippen LogP contribution in [0.5, 0.6) is 5.75 Å². The third-order valence-corrected chi connectivity index (χ3v) is 3.12. The first-order valence-corrected chi connectivity index (χ1v) is 7.76. The van der Waals surface area contributed by atoms with Crippen LogP contribution in [0.3, 0.4) is 0 Å². The van der Waals surface area contributed by atoms with E-state index in [0.29, 0.717) is 32.3 Å². The Labute approximate surface area is 163 Å². The molecule has 0 aliphatic heterocycles. The van der Waals surface area contributed by atoms with Crippen molar-refractivity contribution in [1.29, 1.82) is 0 Å². The van der Waals surface area contributed by atoms with Crippen molar-refractivity contribution in [3.8, 4) is 5.75 Å². The standard InChI is InChI=1S/C16H24F3N3O2.HI/c1-4-20-15(21-8-9-24-5-2)22-11-12-6-7-13(23-3)10-14(12)16(17,18)19;/h6-7,10H,4-5,8-9,11H2,1-3H3,(H2,20,21,22);1H. The van der Waals surface area contributed by atoms with E-state index in [1.165, 1.54) is 19.2 Å². The summed E-state index contributed by atoms with van der Waals surface area (Å²) in [4.78, 5) is 4.21. The van der Waals surface area contributed by atoms with Crippen LogP contribution < -0.4 is 15.4 Å². The van der Waals surface area contributed by atoms with Crippen molar-refractivity contribution in [3.05, 3.63) is 29.3 Å². The molecule has 0 bridgehead atoms. The van der Waals surface area contributed by atoms with Crippen LogP contribution >= 0.6 is 24.0 Å². The molecule has 25 heavy (non-hydrogen) atoms. The minimum atomic E-state index is -4.46. The van der Waals surface area contributed by atoms with Crippen LogP contribution in [0, 0.1) is 0 Å². The van der Waals surface area contributed by atoms with E-state index in [1.807, 2.05) is 13.8 Å². The predicted molar refractivity (Wildman–Crippen MR) is 103 cm³/mol. The number of alkyl halides is 3. The van der Waals surface area contributed by atoms with Gasteiger partial charge in [-0.2, -0.15) is 13.2 Å². The molecule has 0 spiro atoms. The number of methoxy groups -OCH3 is 1. The van der Waals surface area contributed by atoms with Crippen LogP contribution in [-0.2, 0) is 17.5 Å². The lowest BCUT2D eigenvalue weighted by Crippen LogP contribution is -2.39. The van der Waals surface area contributed by atoms with Gasteiger partial charge in [0, 0.05) is 19.7 Å². The first kappa shape index (κ1) is 23.8. The Hall–Kier alpha value is -1.23. The third kappa shape index (κ3) is 8.61. The maximum Gasteiger partial charge on any atom is 0.416 e. The van der Waals surface area contributed by atoms with E-state index in [1.54, 1.807) is 0 Å². The quantitative estimate of drug-likeness (QED) is 0.262. The lowest BCUT2D eigenvalue weighted by molar-refractivity contribution is -0.138. The maximum absolute atomic E-state index is 13.2. The fourth-order valence-electron chi connectivity index (χ4n) is 1.98. The second kappa shape index (κ2) is 12.2. The summed E-state index contributed by atoms with van der Waals surface area (Å²) in [7, 11) is 1.33. The summed E-state index contributed by atoms with van der Waals surface area (Å²) in [6, 6.07) is 3.87. The van der Waals surface area contributed by atoms with Gasteiger partial charge in [0.2, 0.25) is 0 Å². The lowest BCUT2D eigenvalue weighted by atomic mass is 10.1. The Morgan fingerprint density at radius 1 is 1.20 bits per heavy atom. The fourth-order valence-corrected chi connectivity index (χ4v) is 1.98. The summed E-state index contributed by atoms with van der Waals surface area (Å²) in [5.41, 5.74) is -0.652. The number of nitrogens with one attached hydrogen (secondary N) is 2. The molecule has 0 aliphatic carbocycles. The monoisotopic (exact) mass is 475 g/mol. The van der Waals surface area contributed by atoms with Gasteiger partial charge >= 0.3 is 6.18 Å². The molecule has 9 heteroatoms. The van der Waals surface area contributed by atoms with E-state index in [2.05, 4.69) is 15.6 Å². The second-order valence-corrected chi connectivity index (χ2v) is 4.84. The van der Waals surface area contributed by atoms with Gasteiger partial charge in [-0.25, -0.2) is 4.99 Å². The molecule has 1 aromatic rings. The molecule has 2 N–H and O–H groups in total. The molecular weight excluding hydrogens is 450 g/mol. The average Bonchev–Trinajstić information content (AvgIpc) is 2.55. The second-order valence-electron chi connectivity index (χ2n) is 4.84. The Balaban J connectivity index is 0.00000576. The molecule has 0 heterocycles. The normalized spacial score (nSPS) is 11.7. The number of ether oxygens (including phenoxy) is 2. The summed E-state index contributed by atoms with van der Waals surface area (Å²) >= 11 is 0. The van der Waals surface area contributed by atoms with E-state index in [-0.39, 0.29) is 41.8 Å². The van der Waals surface area contributed by atoms with Crippen molar-refractivity contribution >= 4 is 29.9 Å². The molecule has 0 amide bonds. The molecule has 144 valence electrons. The zero-order valence-electron chi connectivity index (χ0n) is 14.6. The van der Waals surface area contributed by atoms with E-state index in [9.17, 15) is 13.2 Å². The largest absolute Gasteiger partial charge is 0.497 e. The van der Waals surface area contributed by atoms with Crippen molar-refractivity contribution < 1.29 is 22.6 Å². The van der Waals surface area contributed by atoms with Crippen LogP contribution in [-0.4, -0.2) is 39.4 Å². The van der Waals surface area contributed by atoms with Gasteiger partial charge in [-0.1, -0.05) is 6.07 Å². The van der Waals surface area contributed by atoms with Gasteiger partial charge in [-0.3, -0.25) is 0 Å². The molecule has 1 rings (SSSR count). The van der Waals surface area contributed by atoms with Gasteiger partial charge in [0.05, 0.1) is 25.8 Å². The molecule has 0 saturated carbocycles. The molecule has 0 aliphatic rings. The number of aliphatic imine (C=N–C) groups is 1. The summed E-state index contributed by atoms with van der Waals surface area (Å²) < 4.78 is 49.6. The highest BCUT2D eigenvalue weighted by Crippen LogP contribution is 2.34. The molecule has 0 radical (unpaired) electrons. The summed E-state index contributed by atoms with van der Waals surface area (Å²) in [6.07, 6.45) is -4.46. The fraction of sp³-hybridized carbons (Fsp3) is 0.562.